The van der Waals surface area contributed by atoms with Crippen LogP contribution in [0.4, 0.5) is 11.4 Å². The van der Waals surface area contributed by atoms with Gasteiger partial charge in [0, 0.05) is 11.8 Å². The van der Waals surface area contributed by atoms with Gasteiger partial charge in [-0.1, -0.05) is 37.5 Å². The standard InChI is InChI=1S/C19H26N2O2/c20-16-9-8-10-17(15-16)22-13-6-2-1-3-7-14-23-19-12-5-4-11-18(19)21/h4-5,8-12,15H,1-3,6-7,13-14,20-21H2. The molecule has 0 aliphatic carbocycles. The quantitative estimate of drug-likeness (QED) is 0.508. The number of hydrogen-bond donors (Lipinski definition) is 2. The maximum Gasteiger partial charge on any atom is 0.142 e. The summed E-state index contributed by atoms with van der Waals surface area (Å²) in [7, 11) is 0. The summed E-state index contributed by atoms with van der Waals surface area (Å²) < 4.78 is 11.3. The van der Waals surface area contributed by atoms with E-state index in [-0.39, 0.29) is 0 Å². The smallest absolute Gasteiger partial charge is 0.142 e. The molecule has 0 aliphatic rings. The molecule has 124 valence electrons. The summed E-state index contributed by atoms with van der Waals surface area (Å²) in [6.45, 7) is 1.45. The molecule has 0 bridgehead atoms. The van der Waals surface area contributed by atoms with Crippen LogP contribution in [0.3, 0.4) is 0 Å². The largest absolute Gasteiger partial charge is 0.494 e. The first-order valence-electron chi connectivity index (χ1n) is 8.21. The van der Waals surface area contributed by atoms with Crippen molar-refractivity contribution in [2.45, 2.75) is 32.1 Å². The van der Waals surface area contributed by atoms with Gasteiger partial charge in [0.2, 0.25) is 0 Å². The molecule has 0 saturated carbocycles. The molecule has 2 aromatic carbocycles. The molecule has 2 aromatic rings. The maximum atomic E-state index is 5.83. The van der Waals surface area contributed by atoms with Gasteiger partial charge in [0.05, 0.1) is 18.9 Å². The van der Waals surface area contributed by atoms with E-state index in [9.17, 15) is 0 Å². The van der Waals surface area contributed by atoms with Crippen molar-refractivity contribution < 1.29 is 9.47 Å². The number of para-hydroxylation sites is 2. The van der Waals surface area contributed by atoms with Crippen molar-refractivity contribution >= 4 is 11.4 Å². The molecule has 4 nitrogen and oxygen atoms in total. The van der Waals surface area contributed by atoms with Crippen molar-refractivity contribution in [3.63, 3.8) is 0 Å². The van der Waals surface area contributed by atoms with Gasteiger partial charge in [0.25, 0.3) is 0 Å². The molecule has 0 atom stereocenters. The molecule has 0 heterocycles. The number of anilines is 2. The SMILES string of the molecule is Nc1cccc(OCCCCCCCOc2ccccc2N)c1. The lowest BCUT2D eigenvalue weighted by Gasteiger charge is -2.08. The van der Waals surface area contributed by atoms with E-state index < -0.39 is 0 Å². The highest BCUT2D eigenvalue weighted by Gasteiger charge is 1.98. The third-order valence-electron chi connectivity index (χ3n) is 3.59. The van der Waals surface area contributed by atoms with E-state index in [0.29, 0.717) is 12.3 Å². The molecule has 0 aliphatic heterocycles. The lowest BCUT2D eigenvalue weighted by atomic mass is 10.1. The Hall–Kier alpha value is -2.36. The van der Waals surface area contributed by atoms with Crippen molar-refractivity contribution in [1.29, 1.82) is 0 Å². The summed E-state index contributed by atoms with van der Waals surface area (Å²) in [6, 6.07) is 15.2. The Labute approximate surface area is 138 Å². The molecular weight excluding hydrogens is 288 g/mol. The lowest BCUT2D eigenvalue weighted by molar-refractivity contribution is 0.294. The van der Waals surface area contributed by atoms with Crippen molar-refractivity contribution in [2.75, 3.05) is 24.7 Å². The molecule has 23 heavy (non-hydrogen) atoms. The number of benzene rings is 2. The number of ether oxygens (including phenoxy) is 2. The van der Waals surface area contributed by atoms with Gasteiger partial charge >= 0.3 is 0 Å². The van der Waals surface area contributed by atoms with E-state index in [2.05, 4.69) is 0 Å². The summed E-state index contributed by atoms with van der Waals surface area (Å²) in [4.78, 5) is 0. The number of rotatable bonds is 10. The monoisotopic (exact) mass is 314 g/mol. The van der Waals surface area contributed by atoms with E-state index in [0.717, 1.165) is 49.5 Å². The van der Waals surface area contributed by atoms with Crippen molar-refractivity contribution in [3.05, 3.63) is 48.5 Å². The van der Waals surface area contributed by atoms with Crippen molar-refractivity contribution in [1.82, 2.24) is 0 Å². The van der Waals surface area contributed by atoms with Gasteiger partial charge in [-0.3, -0.25) is 0 Å². The van der Waals surface area contributed by atoms with E-state index in [1.807, 2.05) is 48.5 Å². The zero-order chi connectivity index (χ0) is 16.3. The summed E-state index contributed by atoms with van der Waals surface area (Å²) in [5.74, 6) is 1.63. The first kappa shape index (κ1) is 17.0. The normalized spacial score (nSPS) is 10.4. The number of hydrogen-bond acceptors (Lipinski definition) is 4. The number of unbranched alkanes of at least 4 members (excludes halogenated alkanes) is 4. The second-order valence-corrected chi connectivity index (χ2v) is 5.58. The average molecular weight is 314 g/mol. The van der Waals surface area contributed by atoms with Gasteiger partial charge in [-0.15, -0.1) is 0 Å². The Morgan fingerprint density at radius 1 is 0.696 bits per heavy atom. The zero-order valence-corrected chi connectivity index (χ0v) is 13.5. The van der Waals surface area contributed by atoms with Crippen LogP contribution in [0.2, 0.25) is 0 Å². The van der Waals surface area contributed by atoms with Gasteiger partial charge in [-0.05, 0) is 37.1 Å². The Balaban J connectivity index is 1.46. The van der Waals surface area contributed by atoms with E-state index >= 15 is 0 Å². The molecule has 2 rings (SSSR count). The molecule has 0 amide bonds. The van der Waals surface area contributed by atoms with Crippen molar-refractivity contribution in [2.24, 2.45) is 0 Å². The van der Waals surface area contributed by atoms with Crippen LogP contribution in [-0.4, -0.2) is 13.2 Å². The number of nitrogens with two attached hydrogens (primary N) is 2. The summed E-state index contributed by atoms with van der Waals surface area (Å²) in [6.07, 6.45) is 5.61. The number of nitrogen functional groups attached to an aromatic ring is 2. The third-order valence-corrected chi connectivity index (χ3v) is 3.59. The van der Waals surface area contributed by atoms with Gasteiger partial charge in [-0.2, -0.15) is 0 Å². The van der Waals surface area contributed by atoms with E-state index in [1.54, 1.807) is 0 Å². The molecule has 4 N–H and O–H groups in total. The van der Waals surface area contributed by atoms with Crippen LogP contribution in [0.5, 0.6) is 11.5 Å². The van der Waals surface area contributed by atoms with Crippen molar-refractivity contribution in [3.8, 4) is 11.5 Å². The third kappa shape index (κ3) is 6.51. The lowest BCUT2D eigenvalue weighted by Crippen LogP contribution is -2.00. The molecule has 0 radical (unpaired) electrons. The van der Waals surface area contributed by atoms with E-state index in [4.69, 9.17) is 20.9 Å². The molecule has 0 spiro atoms. The van der Waals surface area contributed by atoms with Gasteiger partial charge in [0.1, 0.15) is 11.5 Å². The molecule has 0 aromatic heterocycles. The van der Waals surface area contributed by atoms with Gasteiger partial charge in [0.15, 0.2) is 0 Å². The fourth-order valence-electron chi connectivity index (χ4n) is 2.32. The Morgan fingerprint density at radius 3 is 2.13 bits per heavy atom. The van der Waals surface area contributed by atoms with Crippen LogP contribution < -0.4 is 20.9 Å². The fourth-order valence-corrected chi connectivity index (χ4v) is 2.32. The minimum absolute atomic E-state index is 0.700. The summed E-state index contributed by atoms with van der Waals surface area (Å²) in [5.41, 5.74) is 13.0. The highest BCUT2D eigenvalue weighted by Crippen LogP contribution is 2.20. The maximum absolute atomic E-state index is 5.83. The molecule has 4 heteroatoms. The van der Waals surface area contributed by atoms with Gasteiger partial charge in [-0.25, -0.2) is 0 Å². The first-order valence-corrected chi connectivity index (χ1v) is 8.21. The van der Waals surface area contributed by atoms with E-state index in [1.165, 1.54) is 6.42 Å². The molecule has 0 fully saturated rings. The summed E-state index contributed by atoms with van der Waals surface area (Å²) in [5, 5.41) is 0. The molecule has 0 unspecified atom stereocenters. The van der Waals surface area contributed by atoms with Crippen LogP contribution in [0.1, 0.15) is 32.1 Å². The highest BCUT2D eigenvalue weighted by atomic mass is 16.5. The predicted molar refractivity (Wildman–Crippen MR) is 95.8 cm³/mol. The Bertz CT molecular complexity index is 587. The molecular formula is C19H26N2O2. The minimum atomic E-state index is 0.700. The van der Waals surface area contributed by atoms with Crippen LogP contribution in [0.15, 0.2) is 48.5 Å². The topological polar surface area (TPSA) is 70.5 Å². The first-order chi connectivity index (χ1) is 11.3. The summed E-state index contributed by atoms with van der Waals surface area (Å²) >= 11 is 0. The van der Waals surface area contributed by atoms with Crippen LogP contribution >= 0.6 is 0 Å². The van der Waals surface area contributed by atoms with Crippen LogP contribution in [-0.2, 0) is 0 Å². The van der Waals surface area contributed by atoms with Crippen LogP contribution in [0.25, 0.3) is 0 Å². The zero-order valence-electron chi connectivity index (χ0n) is 13.5. The minimum Gasteiger partial charge on any atom is -0.494 e. The highest BCUT2D eigenvalue weighted by molar-refractivity contribution is 5.51. The second-order valence-electron chi connectivity index (χ2n) is 5.58. The Morgan fingerprint density at radius 2 is 1.39 bits per heavy atom. The van der Waals surface area contributed by atoms with Gasteiger partial charge < -0.3 is 20.9 Å². The second kappa shape index (κ2) is 9.62. The van der Waals surface area contributed by atoms with Crippen LogP contribution in [0, 0.1) is 0 Å². The Kier molecular flexibility index (Phi) is 7.11. The average Bonchev–Trinajstić information content (AvgIpc) is 2.55. The predicted octanol–water partition coefficient (Wildman–Crippen LogP) is 4.26. The molecule has 0 saturated heterocycles. The fraction of sp³-hybridized carbons (Fsp3) is 0.368.